The molecule has 2 N–H and O–H groups in total. The Labute approximate surface area is 198 Å². The number of carbonyl (C=O) groups excluding carboxylic acids is 1. The Morgan fingerprint density at radius 3 is 2.59 bits per heavy atom. The highest BCUT2D eigenvalue weighted by molar-refractivity contribution is 6.31. The van der Waals surface area contributed by atoms with E-state index in [1.165, 1.54) is 13.4 Å². The zero-order chi connectivity index (χ0) is 24.9. The number of nitrogen functional groups attached to an aromatic ring is 1. The number of fused-ring (bicyclic) bond motifs is 1. The van der Waals surface area contributed by atoms with Crippen LogP contribution >= 0.6 is 11.6 Å². The molecule has 1 unspecified atom stereocenters. The molecule has 12 heteroatoms. The summed E-state index contributed by atoms with van der Waals surface area (Å²) >= 11 is 6.57. The number of anilines is 1. The molecule has 4 rings (SSSR count). The van der Waals surface area contributed by atoms with Crippen LogP contribution in [0.15, 0.2) is 12.4 Å². The van der Waals surface area contributed by atoms with Crippen molar-refractivity contribution >= 4 is 34.4 Å². The molecule has 1 aliphatic carbocycles. The van der Waals surface area contributed by atoms with E-state index >= 15 is 0 Å². The molecule has 0 aliphatic heterocycles. The van der Waals surface area contributed by atoms with E-state index in [9.17, 15) is 18.0 Å². The molecule has 0 radical (unpaired) electrons. The Morgan fingerprint density at radius 1 is 1.29 bits per heavy atom. The maximum atomic E-state index is 12.5. The van der Waals surface area contributed by atoms with Crippen molar-refractivity contribution in [1.29, 1.82) is 0 Å². The fourth-order valence-electron chi connectivity index (χ4n) is 4.48. The molecule has 3 aromatic rings. The van der Waals surface area contributed by atoms with Gasteiger partial charge in [0.15, 0.2) is 5.65 Å². The lowest BCUT2D eigenvalue weighted by Gasteiger charge is -2.37. The summed E-state index contributed by atoms with van der Waals surface area (Å²) in [6.07, 6.45) is -4.00. The molecule has 0 bridgehead atoms. The summed E-state index contributed by atoms with van der Waals surface area (Å²) in [5, 5.41) is 5.74. The molecule has 34 heavy (non-hydrogen) atoms. The largest absolute Gasteiger partial charge is 0.496 e. The van der Waals surface area contributed by atoms with E-state index in [-0.39, 0.29) is 24.8 Å². The van der Waals surface area contributed by atoms with Gasteiger partial charge in [-0.05, 0) is 51.2 Å². The molecule has 8 nitrogen and oxygen atoms in total. The fraction of sp³-hybridized carbons (Fsp3) is 0.455. The third-order valence-electron chi connectivity index (χ3n) is 6.27. The third kappa shape index (κ3) is 4.02. The first-order chi connectivity index (χ1) is 15.9. The molecule has 2 heterocycles. The molecule has 1 saturated carbocycles. The summed E-state index contributed by atoms with van der Waals surface area (Å²) in [4.78, 5) is 19.5. The summed E-state index contributed by atoms with van der Waals surface area (Å²) in [6, 6.07) is 1.42. The minimum atomic E-state index is -5.02. The van der Waals surface area contributed by atoms with Gasteiger partial charge in [-0.1, -0.05) is 11.6 Å². The maximum Gasteiger partial charge on any atom is 0.490 e. The Bertz CT molecular complexity index is 1270. The van der Waals surface area contributed by atoms with Gasteiger partial charge in [-0.2, -0.15) is 18.3 Å². The number of carbonyl (C=O) groups is 1. The smallest absolute Gasteiger partial charge is 0.490 e. The number of hydrogen-bond donors (Lipinski definition) is 1. The number of esters is 1. The molecule has 1 aromatic carbocycles. The second-order valence-corrected chi connectivity index (χ2v) is 8.78. The average molecular weight is 498 g/mol. The van der Waals surface area contributed by atoms with Crippen molar-refractivity contribution in [2.24, 2.45) is 0 Å². The van der Waals surface area contributed by atoms with Gasteiger partial charge in [0, 0.05) is 16.1 Å². The molecule has 1 atom stereocenters. The highest BCUT2D eigenvalue weighted by Crippen LogP contribution is 2.49. The van der Waals surface area contributed by atoms with E-state index < -0.39 is 18.2 Å². The van der Waals surface area contributed by atoms with E-state index in [4.69, 9.17) is 22.1 Å². The Morgan fingerprint density at radius 2 is 1.97 bits per heavy atom. The number of alkyl halides is 3. The molecule has 1 fully saturated rings. The van der Waals surface area contributed by atoms with Crippen LogP contribution < -0.4 is 10.5 Å². The minimum Gasteiger partial charge on any atom is -0.496 e. The van der Waals surface area contributed by atoms with Crippen molar-refractivity contribution in [3.05, 3.63) is 39.8 Å². The molecule has 0 saturated heterocycles. The van der Waals surface area contributed by atoms with Gasteiger partial charge in [-0.25, -0.2) is 19.4 Å². The van der Waals surface area contributed by atoms with Crippen molar-refractivity contribution in [2.75, 3.05) is 12.8 Å². The van der Waals surface area contributed by atoms with Crippen LogP contribution in [0.25, 0.3) is 11.0 Å². The van der Waals surface area contributed by atoms with Crippen LogP contribution in [0.3, 0.4) is 0 Å². The van der Waals surface area contributed by atoms with Gasteiger partial charge in [0.05, 0.1) is 24.2 Å². The van der Waals surface area contributed by atoms with Crippen LogP contribution in [0, 0.1) is 13.8 Å². The van der Waals surface area contributed by atoms with Gasteiger partial charge >= 0.3 is 12.1 Å². The number of aryl methyl sites for hydroxylation is 1. The minimum absolute atomic E-state index is 0.181. The first-order valence-corrected chi connectivity index (χ1v) is 10.9. The quantitative estimate of drug-likeness (QED) is 0.511. The zero-order valence-corrected chi connectivity index (χ0v) is 19.7. The molecule has 2 aromatic heterocycles. The molecule has 182 valence electrons. The van der Waals surface area contributed by atoms with Crippen molar-refractivity contribution in [3.63, 3.8) is 0 Å². The number of hydrogen-bond acceptors (Lipinski definition) is 7. The number of benzene rings is 1. The number of ether oxygens (including phenoxy) is 2. The first kappa shape index (κ1) is 24.1. The van der Waals surface area contributed by atoms with Crippen LogP contribution in [-0.4, -0.2) is 45.1 Å². The van der Waals surface area contributed by atoms with Crippen LogP contribution in [0.4, 0.5) is 19.0 Å². The van der Waals surface area contributed by atoms with Crippen molar-refractivity contribution in [1.82, 2.24) is 19.7 Å². The van der Waals surface area contributed by atoms with Crippen molar-refractivity contribution in [2.45, 2.75) is 57.9 Å². The number of nitrogens with two attached hydrogens (primary N) is 1. The Balaban J connectivity index is 1.70. The van der Waals surface area contributed by atoms with Gasteiger partial charge < -0.3 is 15.2 Å². The number of rotatable bonds is 5. The van der Waals surface area contributed by atoms with Crippen LogP contribution in [-0.2, 0) is 9.53 Å². The number of nitrogens with zero attached hydrogens (tertiary/aromatic N) is 4. The van der Waals surface area contributed by atoms with Crippen molar-refractivity contribution in [3.8, 4) is 5.75 Å². The number of aromatic nitrogens is 4. The molecule has 1 aliphatic rings. The second-order valence-electron chi connectivity index (χ2n) is 8.38. The van der Waals surface area contributed by atoms with Gasteiger partial charge in [-0.15, -0.1) is 0 Å². The summed E-state index contributed by atoms with van der Waals surface area (Å²) in [5.74, 6) is -1.48. The predicted molar refractivity (Wildman–Crippen MR) is 119 cm³/mol. The van der Waals surface area contributed by atoms with E-state index in [2.05, 4.69) is 19.8 Å². The van der Waals surface area contributed by atoms with Gasteiger partial charge in [0.2, 0.25) is 0 Å². The van der Waals surface area contributed by atoms with Gasteiger partial charge in [0.25, 0.3) is 0 Å². The average Bonchev–Trinajstić information content (AvgIpc) is 3.08. The summed E-state index contributed by atoms with van der Waals surface area (Å²) in [7, 11) is 1.52. The Hall–Kier alpha value is -3.08. The van der Waals surface area contributed by atoms with E-state index in [0.29, 0.717) is 33.3 Å². The number of methoxy groups -OCH3 is 1. The third-order valence-corrected chi connectivity index (χ3v) is 6.67. The van der Waals surface area contributed by atoms with Gasteiger partial charge in [-0.3, -0.25) is 0 Å². The summed E-state index contributed by atoms with van der Waals surface area (Å²) in [6.45, 7) is 5.55. The topological polar surface area (TPSA) is 105 Å². The van der Waals surface area contributed by atoms with Crippen molar-refractivity contribution < 1.29 is 27.4 Å². The highest BCUT2D eigenvalue weighted by atomic mass is 35.5. The lowest BCUT2D eigenvalue weighted by molar-refractivity contribution is -0.208. The maximum absolute atomic E-state index is 12.5. The fourth-order valence-corrected chi connectivity index (χ4v) is 4.70. The monoisotopic (exact) mass is 497 g/mol. The van der Waals surface area contributed by atoms with E-state index in [1.807, 2.05) is 20.8 Å². The van der Waals surface area contributed by atoms with Crippen LogP contribution in [0.5, 0.6) is 5.75 Å². The Kier molecular flexibility index (Phi) is 6.09. The first-order valence-electron chi connectivity index (χ1n) is 10.5. The van der Waals surface area contributed by atoms with Crippen LogP contribution in [0.2, 0.25) is 5.02 Å². The number of halogens is 4. The standard InChI is InChI=1S/C22H23ClF3N5O3/c1-9-15(23)7-14(11(3)31-20-17(10(2)30-31)19(27)28-8-29-20)18(33-4)16(9)12-5-13(6-12)34-21(32)22(24,25)26/h7-8,11-13H,5-6H2,1-4H3,(H2,27,28,29). The van der Waals surface area contributed by atoms with Gasteiger partial charge in [0.1, 0.15) is 24.0 Å². The summed E-state index contributed by atoms with van der Waals surface area (Å²) in [5.41, 5.74) is 9.51. The summed E-state index contributed by atoms with van der Waals surface area (Å²) < 4.78 is 49.7. The molecular weight excluding hydrogens is 475 g/mol. The molecular formula is C22H23ClF3N5O3. The lowest BCUT2D eigenvalue weighted by atomic mass is 9.74. The van der Waals surface area contributed by atoms with E-state index in [0.717, 1.165) is 16.7 Å². The zero-order valence-electron chi connectivity index (χ0n) is 18.9. The molecule has 0 spiro atoms. The highest BCUT2D eigenvalue weighted by Gasteiger charge is 2.45. The second kappa shape index (κ2) is 8.61. The normalized spacial score (nSPS) is 19.1. The SMILES string of the molecule is COc1c(C(C)n2nc(C)c3c(N)ncnc32)cc(Cl)c(C)c1C1CC(OC(=O)C(F)(F)F)C1. The lowest BCUT2D eigenvalue weighted by Crippen LogP contribution is -2.37. The predicted octanol–water partition coefficient (Wildman–Crippen LogP) is 4.65. The molecule has 0 amide bonds. The van der Waals surface area contributed by atoms with E-state index in [1.54, 1.807) is 10.7 Å². The van der Waals surface area contributed by atoms with Crippen LogP contribution in [0.1, 0.15) is 54.1 Å².